The molecule has 0 N–H and O–H groups in total. The first-order valence-electron chi connectivity index (χ1n) is 13.2. The molecule has 39 heavy (non-hydrogen) atoms. The first-order valence-corrected chi connectivity index (χ1v) is 13.2. The van der Waals surface area contributed by atoms with Crippen molar-refractivity contribution in [1.29, 1.82) is 0 Å². The Morgan fingerprint density at radius 1 is 1.05 bits per heavy atom. The van der Waals surface area contributed by atoms with Crippen molar-refractivity contribution in [3.63, 3.8) is 0 Å². The van der Waals surface area contributed by atoms with Crippen LogP contribution in [0.1, 0.15) is 41.4 Å². The zero-order valence-electron chi connectivity index (χ0n) is 22.2. The Kier molecular flexibility index (Phi) is 8.22. The predicted octanol–water partition coefficient (Wildman–Crippen LogP) is 6.20. The summed E-state index contributed by atoms with van der Waals surface area (Å²) in [4.78, 5) is 15.5. The second-order valence-electron chi connectivity index (χ2n) is 9.41. The van der Waals surface area contributed by atoms with Gasteiger partial charge in [0.05, 0.1) is 36.7 Å². The number of para-hydroxylation sites is 3. The minimum Gasteiger partial charge on any atom is -0.493 e. The summed E-state index contributed by atoms with van der Waals surface area (Å²) in [5, 5.41) is 4.91. The van der Waals surface area contributed by atoms with E-state index >= 15 is 0 Å². The van der Waals surface area contributed by atoms with Crippen LogP contribution in [0.4, 0.5) is 4.39 Å². The summed E-state index contributed by atoms with van der Waals surface area (Å²) in [6.45, 7) is 3.36. The zero-order chi connectivity index (χ0) is 27.2. The number of hydrogen-bond donors (Lipinski definition) is 0. The highest BCUT2D eigenvalue weighted by Gasteiger charge is 2.29. The van der Waals surface area contributed by atoms with E-state index in [0.717, 1.165) is 29.8 Å². The van der Waals surface area contributed by atoms with Crippen LogP contribution in [0.15, 0.2) is 78.9 Å². The lowest BCUT2D eigenvalue weighted by atomic mass is 10.1. The van der Waals surface area contributed by atoms with Crippen molar-refractivity contribution in [1.82, 2.24) is 14.7 Å². The third-order valence-corrected chi connectivity index (χ3v) is 6.81. The molecule has 1 aliphatic heterocycles. The van der Waals surface area contributed by atoms with E-state index in [0.29, 0.717) is 42.5 Å². The lowest BCUT2D eigenvalue weighted by Gasteiger charge is -2.26. The summed E-state index contributed by atoms with van der Waals surface area (Å²) in [5.41, 5.74) is 2.85. The van der Waals surface area contributed by atoms with E-state index in [1.54, 1.807) is 16.7 Å². The average molecular weight is 530 g/mol. The molecule has 202 valence electrons. The largest absolute Gasteiger partial charge is 0.493 e. The molecule has 1 aliphatic rings. The molecule has 0 radical (unpaired) electrons. The maximum atomic E-state index is 13.8. The molecular formula is C31H32FN3O4. The van der Waals surface area contributed by atoms with Crippen molar-refractivity contribution in [2.75, 3.05) is 20.3 Å². The minimum absolute atomic E-state index is 0.0674. The third-order valence-electron chi connectivity index (χ3n) is 6.81. The lowest BCUT2D eigenvalue weighted by molar-refractivity contribution is 0.0505. The van der Waals surface area contributed by atoms with E-state index < -0.39 is 0 Å². The highest BCUT2D eigenvalue weighted by Crippen LogP contribution is 2.36. The standard InChI is InChI=1S/C31H32FN3O4/c1-3-27-26(21-34(20-25-12-9-19-38-25)30(36)22-15-17-23(32)18-16-22)31(35(33-27)24-10-5-4-6-11-24)39-29-14-8-7-13-28(29)37-2/h4-8,10-11,13-18,25H,3,9,12,19-21H2,1-2H3. The van der Waals surface area contributed by atoms with Crippen molar-refractivity contribution in [2.45, 2.75) is 38.8 Å². The van der Waals surface area contributed by atoms with E-state index in [2.05, 4.69) is 0 Å². The molecule has 1 fully saturated rings. The molecule has 1 amide bonds. The Hall–Kier alpha value is -4.17. The fourth-order valence-corrected chi connectivity index (χ4v) is 4.80. The topological polar surface area (TPSA) is 65.8 Å². The summed E-state index contributed by atoms with van der Waals surface area (Å²) in [7, 11) is 1.60. The lowest BCUT2D eigenvalue weighted by Crippen LogP contribution is -2.37. The highest BCUT2D eigenvalue weighted by molar-refractivity contribution is 5.94. The van der Waals surface area contributed by atoms with Gasteiger partial charge in [0, 0.05) is 18.7 Å². The van der Waals surface area contributed by atoms with Crippen molar-refractivity contribution in [3.8, 4) is 23.1 Å². The Bertz CT molecular complexity index is 1400. The Labute approximate surface area is 227 Å². The number of hydrogen-bond acceptors (Lipinski definition) is 5. The Balaban J connectivity index is 1.59. The van der Waals surface area contributed by atoms with Gasteiger partial charge in [0.15, 0.2) is 11.5 Å². The first-order chi connectivity index (χ1) is 19.1. The monoisotopic (exact) mass is 529 g/mol. The molecule has 1 unspecified atom stereocenters. The van der Waals surface area contributed by atoms with Crippen LogP contribution < -0.4 is 9.47 Å². The van der Waals surface area contributed by atoms with Crippen molar-refractivity contribution in [2.24, 2.45) is 0 Å². The first kappa shape index (κ1) is 26.4. The minimum atomic E-state index is -0.387. The summed E-state index contributed by atoms with van der Waals surface area (Å²) < 4.78 is 33.4. The maximum Gasteiger partial charge on any atom is 0.254 e. The number of benzene rings is 3. The van der Waals surface area contributed by atoms with Gasteiger partial charge in [-0.3, -0.25) is 4.79 Å². The van der Waals surface area contributed by atoms with Gasteiger partial charge in [-0.25, -0.2) is 9.07 Å². The summed E-state index contributed by atoms with van der Waals surface area (Å²) >= 11 is 0. The number of nitrogens with zero attached hydrogens (tertiary/aromatic N) is 3. The number of ether oxygens (including phenoxy) is 3. The quantitative estimate of drug-likeness (QED) is 0.245. The van der Waals surface area contributed by atoms with Gasteiger partial charge in [-0.1, -0.05) is 37.3 Å². The van der Waals surface area contributed by atoms with Crippen LogP contribution in [0.3, 0.4) is 0 Å². The van der Waals surface area contributed by atoms with Crippen LogP contribution in [-0.2, 0) is 17.7 Å². The SMILES string of the molecule is CCc1nn(-c2ccccc2)c(Oc2ccccc2OC)c1CN(CC1CCCO1)C(=O)c1ccc(F)cc1. The molecule has 1 aromatic heterocycles. The van der Waals surface area contributed by atoms with Gasteiger partial charge < -0.3 is 19.1 Å². The van der Waals surface area contributed by atoms with Gasteiger partial charge in [0.25, 0.3) is 5.91 Å². The number of rotatable bonds is 10. The van der Waals surface area contributed by atoms with Gasteiger partial charge in [-0.2, -0.15) is 5.10 Å². The van der Waals surface area contributed by atoms with E-state index in [9.17, 15) is 9.18 Å². The second-order valence-corrected chi connectivity index (χ2v) is 9.41. The maximum absolute atomic E-state index is 13.8. The number of amides is 1. The van der Waals surface area contributed by atoms with Gasteiger partial charge >= 0.3 is 0 Å². The number of carbonyl (C=O) groups excluding carboxylic acids is 1. The highest BCUT2D eigenvalue weighted by atomic mass is 19.1. The molecule has 1 atom stereocenters. The average Bonchev–Trinajstić information content (AvgIpc) is 3.61. The molecule has 2 heterocycles. The molecule has 0 spiro atoms. The summed E-state index contributed by atoms with van der Waals surface area (Å²) in [5.74, 6) is 1.04. The molecule has 8 heteroatoms. The molecular weight excluding hydrogens is 497 g/mol. The molecule has 0 aliphatic carbocycles. The van der Waals surface area contributed by atoms with Crippen molar-refractivity contribution in [3.05, 3.63) is 102 Å². The van der Waals surface area contributed by atoms with E-state index in [1.165, 1.54) is 24.3 Å². The van der Waals surface area contributed by atoms with Gasteiger partial charge in [-0.05, 0) is 67.8 Å². The molecule has 5 rings (SSSR count). The van der Waals surface area contributed by atoms with E-state index in [4.69, 9.17) is 19.3 Å². The van der Waals surface area contributed by atoms with Crippen LogP contribution in [0.5, 0.6) is 17.4 Å². The fraction of sp³-hybridized carbons (Fsp3) is 0.290. The van der Waals surface area contributed by atoms with Crippen molar-refractivity contribution >= 4 is 5.91 Å². The molecule has 3 aromatic carbocycles. The summed E-state index contributed by atoms with van der Waals surface area (Å²) in [6.07, 6.45) is 2.40. The molecule has 0 saturated carbocycles. The number of halogens is 1. The number of aromatic nitrogens is 2. The molecule has 1 saturated heterocycles. The number of aryl methyl sites for hydroxylation is 1. The Morgan fingerprint density at radius 3 is 2.44 bits per heavy atom. The molecule has 7 nitrogen and oxygen atoms in total. The third kappa shape index (κ3) is 5.96. The fourth-order valence-electron chi connectivity index (χ4n) is 4.80. The van der Waals surface area contributed by atoms with Crippen molar-refractivity contribution < 1.29 is 23.4 Å². The number of methoxy groups -OCH3 is 1. The normalized spacial score (nSPS) is 14.8. The predicted molar refractivity (Wildman–Crippen MR) is 146 cm³/mol. The van der Waals surface area contributed by atoms with Crippen LogP contribution >= 0.6 is 0 Å². The van der Waals surface area contributed by atoms with Crippen LogP contribution in [-0.4, -0.2) is 47.0 Å². The van der Waals surface area contributed by atoms with Crippen LogP contribution in [0.2, 0.25) is 0 Å². The summed E-state index contributed by atoms with van der Waals surface area (Å²) in [6, 6.07) is 22.8. The van der Waals surface area contributed by atoms with Crippen LogP contribution in [0.25, 0.3) is 5.69 Å². The smallest absolute Gasteiger partial charge is 0.254 e. The van der Waals surface area contributed by atoms with E-state index in [1.807, 2.05) is 61.5 Å². The van der Waals surface area contributed by atoms with Crippen LogP contribution in [0, 0.1) is 5.82 Å². The van der Waals surface area contributed by atoms with Gasteiger partial charge in [0.2, 0.25) is 5.88 Å². The van der Waals surface area contributed by atoms with Gasteiger partial charge in [0.1, 0.15) is 5.82 Å². The van der Waals surface area contributed by atoms with Gasteiger partial charge in [-0.15, -0.1) is 0 Å². The molecule has 4 aromatic rings. The van der Waals surface area contributed by atoms with E-state index in [-0.39, 0.29) is 24.4 Å². The Morgan fingerprint density at radius 2 is 1.77 bits per heavy atom. The number of carbonyl (C=O) groups is 1. The second kappa shape index (κ2) is 12.1. The zero-order valence-corrected chi connectivity index (χ0v) is 22.2. The molecule has 0 bridgehead atoms.